The Bertz CT molecular complexity index is 630. The molecule has 1 unspecified atom stereocenters. The van der Waals surface area contributed by atoms with E-state index >= 15 is 0 Å². The highest BCUT2D eigenvalue weighted by Crippen LogP contribution is 2.30. The first-order chi connectivity index (χ1) is 10.0. The molecular weight excluding hydrogens is 353 g/mol. The number of hydrogen-bond donors (Lipinski definition) is 1. The van der Waals surface area contributed by atoms with Crippen LogP contribution in [0.5, 0.6) is 0 Å². The molecule has 4 heteroatoms. The maximum absolute atomic E-state index is 14.3. The van der Waals surface area contributed by atoms with Crippen molar-refractivity contribution in [2.75, 3.05) is 6.54 Å². The van der Waals surface area contributed by atoms with Crippen molar-refractivity contribution in [3.05, 3.63) is 68.4 Å². The first-order valence-electron chi connectivity index (χ1n) is 6.95. The standard InChI is InChI=1S/C17H18BrClFN/c1-3-21-17(8-12-7-5-4-6-11(12)2)13-9-15(19)14(18)10-16(13)20/h4-7,9-10,17,21H,3,8H2,1-2H3. The first kappa shape index (κ1) is 16.5. The summed E-state index contributed by atoms with van der Waals surface area (Å²) in [6.07, 6.45) is 0.732. The Morgan fingerprint density at radius 1 is 1.29 bits per heavy atom. The van der Waals surface area contributed by atoms with E-state index in [1.807, 2.05) is 19.1 Å². The molecule has 1 nitrogen and oxygen atoms in total. The average Bonchev–Trinajstić information content (AvgIpc) is 2.45. The van der Waals surface area contributed by atoms with E-state index in [1.165, 1.54) is 17.2 Å². The lowest BCUT2D eigenvalue weighted by Gasteiger charge is -2.21. The number of halogens is 3. The van der Waals surface area contributed by atoms with Crippen LogP contribution < -0.4 is 5.32 Å². The van der Waals surface area contributed by atoms with Crippen LogP contribution in [0.15, 0.2) is 40.9 Å². The Kier molecular flexibility index (Phi) is 5.80. The van der Waals surface area contributed by atoms with Crippen LogP contribution in [0.1, 0.15) is 29.7 Å². The summed E-state index contributed by atoms with van der Waals surface area (Å²) >= 11 is 9.38. The molecule has 0 aliphatic heterocycles. The molecule has 2 aromatic rings. The minimum atomic E-state index is -0.245. The van der Waals surface area contributed by atoms with Gasteiger partial charge < -0.3 is 5.32 Å². The molecule has 1 atom stereocenters. The lowest BCUT2D eigenvalue weighted by atomic mass is 9.95. The zero-order valence-electron chi connectivity index (χ0n) is 12.1. The minimum absolute atomic E-state index is 0.0956. The topological polar surface area (TPSA) is 12.0 Å². The third-order valence-electron chi connectivity index (χ3n) is 3.55. The fourth-order valence-corrected chi connectivity index (χ4v) is 2.89. The van der Waals surface area contributed by atoms with Crippen LogP contribution in [0, 0.1) is 12.7 Å². The summed E-state index contributed by atoms with van der Waals surface area (Å²) < 4.78 is 14.9. The number of hydrogen-bond acceptors (Lipinski definition) is 1. The summed E-state index contributed by atoms with van der Waals surface area (Å²) in [4.78, 5) is 0. The molecule has 112 valence electrons. The van der Waals surface area contributed by atoms with E-state index in [0.29, 0.717) is 15.1 Å². The van der Waals surface area contributed by atoms with E-state index in [9.17, 15) is 4.39 Å². The van der Waals surface area contributed by atoms with Crippen molar-refractivity contribution < 1.29 is 4.39 Å². The Labute approximate surface area is 138 Å². The highest BCUT2D eigenvalue weighted by Gasteiger charge is 2.18. The Morgan fingerprint density at radius 3 is 2.67 bits per heavy atom. The second-order valence-corrected chi connectivity index (χ2v) is 6.29. The van der Waals surface area contributed by atoms with Gasteiger partial charge in [-0.25, -0.2) is 4.39 Å². The molecule has 2 aromatic carbocycles. The molecule has 0 aromatic heterocycles. The van der Waals surface area contributed by atoms with Crippen molar-refractivity contribution in [3.8, 4) is 0 Å². The number of benzene rings is 2. The Hall–Kier alpha value is -0.900. The van der Waals surface area contributed by atoms with Gasteiger partial charge in [-0.15, -0.1) is 0 Å². The fraction of sp³-hybridized carbons (Fsp3) is 0.294. The monoisotopic (exact) mass is 369 g/mol. The van der Waals surface area contributed by atoms with Gasteiger partial charge in [0.1, 0.15) is 5.82 Å². The lowest BCUT2D eigenvalue weighted by Crippen LogP contribution is -2.24. The molecule has 0 saturated carbocycles. The van der Waals surface area contributed by atoms with Crippen LogP contribution >= 0.6 is 27.5 Å². The molecule has 0 saturated heterocycles. The van der Waals surface area contributed by atoms with Crippen molar-refractivity contribution >= 4 is 27.5 Å². The van der Waals surface area contributed by atoms with Crippen molar-refractivity contribution in [1.82, 2.24) is 5.32 Å². The van der Waals surface area contributed by atoms with Crippen LogP contribution in [0.4, 0.5) is 4.39 Å². The van der Waals surface area contributed by atoms with Gasteiger partial charge in [0.25, 0.3) is 0 Å². The second-order valence-electron chi connectivity index (χ2n) is 5.03. The van der Waals surface area contributed by atoms with E-state index < -0.39 is 0 Å². The smallest absolute Gasteiger partial charge is 0.129 e. The number of likely N-dealkylation sites (N-methyl/N-ethyl adjacent to an activating group) is 1. The highest BCUT2D eigenvalue weighted by atomic mass is 79.9. The van der Waals surface area contributed by atoms with Gasteiger partial charge >= 0.3 is 0 Å². The van der Waals surface area contributed by atoms with Gasteiger partial charge in [-0.2, -0.15) is 0 Å². The molecule has 0 radical (unpaired) electrons. The number of aryl methyl sites for hydroxylation is 1. The predicted octanol–water partition coefficient (Wildman–Crippen LogP) is 5.44. The molecule has 0 fully saturated rings. The molecule has 0 bridgehead atoms. The SMILES string of the molecule is CCNC(Cc1ccccc1C)c1cc(Cl)c(Br)cc1F. The lowest BCUT2D eigenvalue weighted by molar-refractivity contribution is 0.509. The summed E-state index contributed by atoms with van der Waals surface area (Å²) in [6, 6.07) is 11.2. The van der Waals surface area contributed by atoms with E-state index in [1.54, 1.807) is 6.07 Å². The zero-order chi connectivity index (χ0) is 15.4. The molecule has 1 N–H and O–H groups in total. The van der Waals surface area contributed by atoms with E-state index in [2.05, 4.69) is 40.3 Å². The Balaban J connectivity index is 2.35. The summed E-state index contributed by atoms with van der Waals surface area (Å²) in [6.45, 7) is 4.86. The van der Waals surface area contributed by atoms with Crippen LogP contribution in [-0.4, -0.2) is 6.54 Å². The van der Waals surface area contributed by atoms with Crippen LogP contribution in [0.3, 0.4) is 0 Å². The zero-order valence-corrected chi connectivity index (χ0v) is 14.4. The van der Waals surface area contributed by atoms with Gasteiger partial charge in [0.15, 0.2) is 0 Å². The van der Waals surface area contributed by atoms with Gasteiger partial charge in [0, 0.05) is 16.1 Å². The number of nitrogens with one attached hydrogen (secondary N) is 1. The van der Waals surface area contributed by atoms with Gasteiger partial charge in [-0.3, -0.25) is 0 Å². The second kappa shape index (κ2) is 7.39. The molecule has 2 rings (SSSR count). The predicted molar refractivity (Wildman–Crippen MR) is 90.4 cm³/mol. The van der Waals surface area contributed by atoms with Crippen molar-refractivity contribution in [2.24, 2.45) is 0 Å². The summed E-state index contributed by atoms with van der Waals surface area (Å²) in [7, 11) is 0. The summed E-state index contributed by atoms with van der Waals surface area (Å²) in [5.41, 5.74) is 3.03. The summed E-state index contributed by atoms with van der Waals surface area (Å²) in [5.74, 6) is -0.245. The van der Waals surface area contributed by atoms with Crippen molar-refractivity contribution in [1.29, 1.82) is 0 Å². The Morgan fingerprint density at radius 2 is 2.00 bits per heavy atom. The van der Waals surface area contributed by atoms with E-state index in [0.717, 1.165) is 13.0 Å². The minimum Gasteiger partial charge on any atom is -0.310 e. The molecule has 0 amide bonds. The molecule has 0 heterocycles. The normalized spacial score (nSPS) is 12.4. The molecular formula is C17H18BrClFN. The van der Waals surface area contributed by atoms with E-state index in [-0.39, 0.29) is 11.9 Å². The number of rotatable bonds is 5. The van der Waals surface area contributed by atoms with Crippen LogP contribution in [0.2, 0.25) is 5.02 Å². The van der Waals surface area contributed by atoms with Gasteiger partial charge in [0.2, 0.25) is 0 Å². The van der Waals surface area contributed by atoms with Gasteiger partial charge in [0.05, 0.1) is 5.02 Å². The van der Waals surface area contributed by atoms with Crippen LogP contribution in [0.25, 0.3) is 0 Å². The highest BCUT2D eigenvalue weighted by molar-refractivity contribution is 9.10. The quantitative estimate of drug-likeness (QED) is 0.691. The molecule has 0 aliphatic carbocycles. The largest absolute Gasteiger partial charge is 0.310 e. The third kappa shape index (κ3) is 4.06. The molecule has 0 spiro atoms. The average molecular weight is 371 g/mol. The van der Waals surface area contributed by atoms with Crippen molar-refractivity contribution in [3.63, 3.8) is 0 Å². The van der Waals surface area contributed by atoms with E-state index in [4.69, 9.17) is 11.6 Å². The fourth-order valence-electron chi connectivity index (χ4n) is 2.40. The molecule has 0 aliphatic rings. The first-order valence-corrected chi connectivity index (χ1v) is 8.12. The van der Waals surface area contributed by atoms with Gasteiger partial charge in [-0.1, -0.05) is 42.8 Å². The molecule has 21 heavy (non-hydrogen) atoms. The maximum atomic E-state index is 14.3. The van der Waals surface area contributed by atoms with Crippen LogP contribution in [-0.2, 0) is 6.42 Å². The van der Waals surface area contributed by atoms with Crippen molar-refractivity contribution in [2.45, 2.75) is 26.3 Å². The third-order valence-corrected chi connectivity index (χ3v) is 4.75. The maximum Gasteiger partial charge on any atom is 0.129 e. The summed E-state index contributed by atoms with van der Waals surface area (Å²) in [5, 5.41) is 3.88. The van der Waals surface area contributed by atoms with Gasteiger partial charge in [-0.05, 0) is 59.1 Å².